The monoisotopic (exact) mass is 334 g/mol. The van der Waals surface area contributed by atoms with Crippen LogP contribution in [-0.4, -0.2) is 5.91 Å². The molecule has 1 amide bonds. The molecule has 0 heterocycles. The highest BCUT2D eigenvalue weighted by Crippen LogP contribution is 2.30. The van der Waals surface area contributed by atoms with Gasteiger partial charge in [-0.15, -0.1) is 0 Å². The summed E-state index contributed by atoms with van der Waals surface area (Å²) in [5.74, 6) is -1.05. The summed E-state index contributed by atoms with van der Waals surface area (Å²) in [4.78, 5) is 12.1. The number of hydrogen-bond donors (Lipinski definition) is 1. The lowest BCUT2D eigenvalue weighted by molar-refractivity contribution is -0.112. The maximum atomic E-state index is 12.8. The molecule has 0 unspecified atom stereocenters. The second-order valence-electron chi connectivity index (χ2n) is 4.27. The third kappa shape index (κ3) is 3.85. The lowest BCUT2D eigenvalue weighted by Gasteiger charge is -2.08. The molecule has 0 bridgehead atoms. The number of carbonyl (C=O) groups excluding carboxylic acids is 1. The summed E-state index contributed by atoms with van der Waals surface area (Å²) in [7, 11) is 0. The van der Waals surface area contributed by atoms with Crippen molar-refractivity contribution < 1.29 is 9.18 Å². The Kier molecular flexibility index (Phi) is 5.16. The highest BCUT2D eigenvalue weighted by molar-refractivity contribution is 6.40. The van der Waals surface area contributed by atoms with Crippen molar-refractivity contribution in [3.8, 4) is 6.07 Å². The van der Waals surface area contributed by atoms with E-state index in [1.54, 1.807) is 24.3 Å². The molecule has 0 aliphatic rings. The second kappa shape index (κ2) is 7.08. The maximum absolute atomic E-state index is 12.8. The molecule has 0 saturated carbocycles. The number of carbonyl (C=O) groups is 1. The van der Waals surface area contributed by atoms with Crippen LogP contribution in [0.2, 0.25) is 10.0 Å². The number of para-hydroxylation sites is 1. The van der Waals surface area contributed by atoms with E-state index in [4.69, 9.17) is 28.5 Å². The van der Waals surface area contributed by atoms with Gasteiger partial charge in [0, 0.05) is 0 Å². The number of amides is 1. The van der Waals surface area contributed by atoms with Crippen LogP contribution in [0.3, 0.4) is 0 Å². The van der Waals surface area contributed by atoms with Gasteiger partial charge in [-0.3, -0.25) is 4.79 Å². The van der Waals surface area contributed by atoms with Gasteiger partial charge in [-0.25, -0.2) is 4.39 Å². The topological polar surface area (TPSA) is 52.9 Å². The zero-order valence-electron chi connectivity index (χ0n) is 11.1. The predicted molar refractivity (Wildman–Crippen MR) is 85.1 cm³/mol. The van der Waals surface area contributed by atoms with Crippen LogP contribution < -0.4 is 5.32 Å². The molecule has 0 aliphatic heterocycles. The third-order valence-corrected chi connectivity index (χ3v) is 3.38. The van der Waals surface area contributed by atoms with Crippen molar-refractivity contribution >= 4 is 40.9 Å². The van der Waals surface area contributed by atoms with E-state index in [0.29, 0.717) is 5.56 Å². The van der Waals surface area contributed by atoms with Crippen LogP contribution in [0.1, 0.15) is 5.56 Å². The fourth-order valence-electron chi connectivity index (χ4n) is 1.67. The van der Waals surface area contributed by atoms with Crippen LogP contribution in [0, 0.1) is 17.1 Å². The van der Waals surface area contributed by atoms with Crippen molar-refractivity contribution in [1.29, 1.82) is 5.26 Å². The molecule has 3 nitrogen and oxygen atoms in total. The summed E-state index contributed by atoms with van der Waals surface area (Å²) in [6, 6.07) is 12.0. The molecule has 2 rings (SSSR count). The highest BCUT2D eigenvalue weighted by Gasteiger charge is 2.13. The highest BCUT2D eigenvalue weighted by atomic mass is 35.5. The number of rotatable bonds is 3. The van der Waals surface area contributed by atoms with Crippen LogP contribution in [-0.2, 0) is 4.79 Å². The van der Waals surface area contributed by atoms with Crippen LogP contribution in [0.5, 0.6) is 0 Å². The summed E-state index contributed by atoms with van der Waals surface area (Å²) in [6.07, 6.45) is 1.35. The maximum Gasteiger partial charge on any atom is 0.266 e. The molecule has 0 aliphatic carbocycles. The van der Waals surface area contributed by atoms with Crippen molar-refractivity contribution in [1.82, 2.24) is 0 Å². The van der Waals surface area contributed by atoms with Gasteiger partial charge >= 0.3 is 0 Å². The van der Waals surface area contributed by atoms with E-state index in [0.717, 1.165) is 0 Å². The van der Waals surface area contributed by atoms with Gasteiger partial charge in [-0.1, -0.05) is 41.4 Å². The van der Waals surface area contributed by atoms with Gasteiger partial charge in [-0.2, -0.15) is 5.26 Å². The number of hydrogen-bond acceptors (Lipinski definition) is 2. The number of halogens is 3. The smallest absolute Gasteiger partial charge is 0.266 e. The standard InChI is InChI=1S/C16H9Cl2FN2O/c17-13-2-1-3-14(18)15(13)21-16(22)11(9-20)8-10-4-6-12(19)7-5-10/h1-8H,(H,21,22)/b11-8+. The molecule has 22 heavy (non-hydrogen) atoms. The summed E-state index contributed by atoms with van der Waals surface area (Å²) in [5.41, 5.74) is 0.608. The lowest BCUT2D eigenvalue weighted by Crippen LogP contribution is -2.14. The van der Waals surface area contributed by atoms with Gasteiger partial charge in [-0.05, 0) is 35.9 Å². The molecular weight excluding hydrogens is 326 g/mol. The Hall–Kier alpha value is -2.35. The van der Waals surface area contributed by atoms with Gasteiger partial charge in [0.25, 0.3) is 5.91 Å². The van der Waals surface area contributed by atoms with Gasteiger partial charge in [0.2, 0.25) is 0 Å². The Morgan fingerprint density at radius 2 is 1.73 bits per heavy atom. The number of nitrogens with one attached hydrogen (secondary N) is 1. The molecule has 0 atom stereocenters. The molecule has 0 spiro atoms. The van der Waals surface area contributed by atoms with E-state index < -0.39 is 11.7 Å². The molecular formula is C16H9Cl2FN2O. The summed E-state index contributed by atoms with van der Waals surface area (Å²) >= 11 is 11.9. The number of nitrogens with zero attached hydrogens (tertiary/aromatic N) is 1. The average Bonchev–Trinajstić information content (AvgIpc) is 2.50. The molecule has 0 saturated heterocycles. The Labute approximate surface area is 136 Å². The van der Waals surface area contributed by atoms with Gasteiger partial charge < -0.3 is 5.32 Å². The first-order chi connectivity index (χ1) is 10.5. The Morgan fingerprint density at radius 1 is 1.14 bits per heavy atom. The second-order valence-corrected chi connectivity index (χ2v) is 5.09. The summed E-state index contributed by atoms with van der Waals surface area (Å²) in [6.45, 7) is 0. The molecule has 2 aromatic carbocycles. The zero-order chi connectivity index (χ0) is 16.1. The van der Waals surface area contributed by atoms with E-state index in [9.17, 15) is 9.18 Å². The van der Waals surface area contributed by atoms with Gasteiger partial charge in [0.05, 0.1) is 15.7 Å². The molecule has 2 aromatic rings. The number of anilines is 1. The van der Waals surface area contributed by atoms with E-state index in [1.807, 2.05) is 0 Å². The van der Waals surface area contributed by atoms with Crippen LogP contribution >= 0.6 is 23.2 Å². The summed E-state index contributed by atoms with van der Waals surface area (Å²) in [5, 5.41) is 12.1. The van der Waals surface area contributed by atoms with E-state index in [-0.39, 0.29) is 21.3 Å². The first-order valence-electron chi connectivity index (χ1n) is 6.14. The average molecular weight is 335 g/mol. The molecule has 110 valence electrons. The van der Waals surface area contributed by atoms with E-state index >= 15 is 0 Å². The first kappa shape index (κ1) is 16.0. The van der Waals surface area contributed by atoms with Crippen LogP contribution in [0.4, 0.5) is 10.1 Å². The minimum atomic E-state index is -0.651. The van der Waals surface area contributed by atoms with Gasteiger partial charge in [0.15, 0.2) is 0 Å². The molecule has 1 N–H and O–H groups in total. The minimum absolute atomic E-state index is 0.150. The fraction of sp³-hybridized carbons (Fsp3) is 0. The Bertz CT molecular complexity index is 759. The first-order valence-corrected chi connectivity index (χ1v) is 6.89. The zero-order valence-corrected chi connectivity index (χ0v) is 12.6. The minimum Gasteiger partial charge on any atom is -0.319 e. The Balaban J connectivity index is 2.26. The van der Waals surface area contributed by atoms with Gasteiger partial charge in [0.1, 0.15) is 17.5 Å². The quantitative estimate of drug-likeness (QED) is 0.654. The molecule has 6 heteroatoms. The normalized spacial score (nSPS) is 10.9. The third-order valence-electron chi connectivity index (χ3n) is 2.75. The Morgan fingerprint density at radius 3 is 2.27 bits per heavy atom. The van der Waals surface area contributed by atoms with Crippen molar-refractivity contribution in [2.75, 3.05) is 5.32 Å². The fourth-order valence-corrected chi connectivity index (χ4v) is 2.16. The summed E-state index contributed by atoms with van der Waals surface area (Å²) < 4.78 is 12.8. The molecule has 0 aromatic heterocycles. The van der Waals surface area contributed by atoms with E-state index in [2.05, 4.69) is 5.32 Å². The molecule has 0 fully saturated rings. The number of benzene rings is 2. The van der Waals surface area contributed by atoms with Crippen molar-refractivity contribution in [2.45, 2.75) is 0 Å². The number of nitriles is 1. The van der Waals surface area contributed by atoms with Crippen molar-refractivity contribution in [2.24, 2.45) is 0 Å². The van der Waals surface area contributed by atoms with Crippen molar-refractivity contribution in [3.05, 3.63) is 69.5 Å². The SMILES string of the molecule is N#C/C(=C\c1ccc(F)cc1)C(=O)Nc1c(Cl)cccc1Cl. The largest absolute Gasteiger partial charge is 0.319 e. The van der Waals surface area contributed by atoms with Crippen LogP contribution in [0.15, 0.2) is 48.0 Å². The predicted octanol–water partition coefficient (Wildman–Crippen LogP) is 4.68. The van der Waals surface area contributed by atoms with E-state index in [1.165, 1.54) is 30.3 Å². The molecule has 0 radical (unpaired) electrons. The lowest BCUT2D eigenvalue weighted by atomic mass is 10.1. The van der Waals surface area contributed by atoms with Crippen molar-refractivity contribution in [3.63, 3.8) is 0 Å². The van der Waals surface area contributed by atoms with Crippen LogP contribution in [0.25, 0.3) is 6.08 Å².